The molecule has 0 amide bonds. The number of para-hydroxylation sites is 1. The lowest BCUT2D eigenvalue weighted by Crippen LogP contribution is -2.32. The molecule has 0 radical (unpaired) electrons. The Morgan fingerprint density at radius 3 is 2.76 bits per heavy atom. The van der Waals surface area contributed by atoms with E-state index in [0.717, 1.165) is 34.1 Å². The Morgan fingerprint density at radius 2 is 1.90 bits per heavy atom. The molecule has 2 aliphatic rings. The van der Waals surface area contributed by atoms with Crippen molar-refractivity contribution in [2.75, 3.05) is 5.32 Å². The van der Waals surface area contributed by atoms with Crippen molar-refractivity contribution >= 4 is 34.6 Å². The molecule has 7 heteroatoms. The minimum absolute atomic E-state index is 0.127. The highest BCUT2D eigenvalue weighted by Crippen LogP contribution is 2.51. The predicted octanol–water partition coefficient (Wildman–Crippen LogP) is 5.55. The average Bonchev–Trinajstić information content (AvgIpc) is 3.44. The molecule has 4 heterocycles. The van der Waals surface area contributed by atoms with Crippen LogP contribution in [0.4, 0.5) is 5.95 Å². The zero-order valence-corrected chi connectivity index (χ0v) is 16.7. The van der Waals surface area contributed by atoms with Crippen molar-refractivity contribution in [3.8, 4) is 5.75 Å². The second-order valence-corrected chi connectivity index (χ2v) is 8.30. The van der Waals surface area contributed by atoms with Crippen LogP contribution in [-0.4, -0.2) is 14.8 Å². The van der Waals surface area contributed by atoms with Crippen molar-refractivity contribution in [2.45, 2.75) is 12.1 Å². The fourth-order valence-electron chi connectivity index (χ4n) is 4.08. The van der Waals surface area contributed by atoms with Gasteiger partial charge in [-0.3, -0.25) is 0 Å². The van der Waals surface area contributed by atoms with Crippen molar-refractivity contribution in [2.24, 2.45) is 0 Å². The Hall–Kier alpha value is -3.09. The van der Waals surface area contributed by atoms with Gasteiger partial charge in [0.15, 0.2) is 6.10 Å². The predicted molar refractivity (Wildman–Crippen MR) is 114 cm³/mol. The van der Waals surface area contributed by atoms with E-state index in [4.69, 9.17) is 16.3 Å². The lowest BCUT2D eigenvalue weighted by molar-refractivity contribution is 0.223. The molecule has 4 aromatic rings. The van der Waals surface area contributed by atoms with Gasteiger partial charge in [0.2, 0.25) is 5.95 Å². The molecular weight excluding hydrogens is 404 g/mol. The monoisotopic (exact) mass is 418 g/mol. The first-order valence-corrected chi connectivity index (χ1v) is 10.5. The highest BCUT2D eigenvalue weighted by Gasteiger charge is 2.41. The summed E-state index contributed by atoms with van der Waals surface area (Å²) in [6, 6.07) is 20.0. The second kappa shape index (κ2) is 6.47. The average molecular weight is 419 g/mol. The van der Waals surface area contributed by atoms with Crippen molar-refractivity contribution < 1.29 is 4.74 Å². The highest BCUT2D eigenvalue weighted by atomic mass is 35.5. The summed E-state index contributed by atoms with van der Waals surface area (Å²) in [4.78, 5) is 5.61. The van der Waals surface area contributed by atoms with Crippen LogP contribution in [-0.2, 0) is 0 Å². The Morgan fingerprint density at radius 1 is 1.03 bits per heavy atom. The molecule has 142 valence electrons. The molecule has 5 nitrogen and oxygen atoms in total. The van der Waals surface area contributed by atoms with Gasteiger partial charge in [0.05, 0.1) is 5.70 Å². The van der Waals surface area contributed by atoms with E-state index in [1.807, 2.05) is 47.1 Å². The lowest BCUT2D eigenvalue weighted by atomic mass is 9.87. The van der Waals surface area contributed by atoms with Crippen molar-refractivity contribution in [1.29, 1.82) is 0 Å². The quantitative estimate of drug-likeness (QED) is 0.463. The number of nitrogens with zero attached hydrogens (tertiary/aromatic N) is 3. The number of thiophene rings is 1. The molecule has 0 saturated carbocycles. The van der Waals surface area contributed by atoms with E-state index in [1.54, 1.807) is 17.7 Å². The summed E-state index contributed by atoms with van der Waals surface area (Å²) in [5, 5.41) is 10.8. The Kier molecular flexibility index (Phi) is 3.76. The van der Waals surface area contributed by atoms with Gasteiger partial charge in [-0.15, -0.1) is 11.3 Å². The molecule has 0 fully saturated rings. The van der Waals surface area contributed by atoms with Gasteiger partial charge in [0.25, 0.3) is 0 Å². The lowest BCUT2D eigenvalue weighted by Gasteiger charge is -2.38. The molecule has 1 N–H and O–H groups in total. The Labute approximate surface area is 176 Å². The largest absolute Gasteiger partial charge is 0.480 e. The van der Waals surface area contributed by atoms with Crippen LogP contribution >= 0.6 is 22.9 Å². The van der Waals surface area contributed by atoms with E-state index in [1.165, 1.54) is 4.88 Å². The summed E-state index contributed by atoms with van der Waals surface area (Å²) in [6.07, 6.45) is 1.24. The zero-order chi connectivity index (χ0) is 19.4. The van der Waals surface area contributed by atoms with Crippen LogP contribution in [0.25, 0.3) is 5.70 Å². The van der Waals surface area contributed by atoms with Crippen LogP contribution < -0.4 is 10.1 Å². The third-order valence-corrected chi connectivity index (χ3v) is 6.59. The number of rotatable bonds is 2. The molecule has 2 unspecified atom stereocenters. The first-order chi connectivity index (χ1) is 14.3. The number of hydrogen-bond acceptors (Lipinski definition) is 5. The van der Waals surface area contributed by atoms with Crippen LogP contribution in [0.3, 0.4) is 0 Å². The number of halogens is 1. The second-order valence-electron chi connectivity index (χ2n) is 6.92. The number of nitrogens with one attached hydrogen (secondary N) is 1. The molecular formula is C22H15ClN4OS. The first-order valence-electron chi connectivity index (χ1n) is 9.26. The standard InChI is InChI=1S/C22H15ClN4OS/c23-15-8-3-1-6-13(15)21-18-19(14-7-2-4-9-16(14)28-21)26-22-24-12-25-27(22)20(18)17-10-5-11-29-17/h1-12,20-21H,(H,24,25,26). The maximum absolute atomic E-state index is 6.61. The van der Waals surface area contributed by atoms with E-state index in [0.29, 0.717) is 5.02 Å². The van der Waals surface area contributed by atoms with Crippen LogP contribution in [0.2, 0.25) is 5.02 Å². The minimum atomic E-state index is -0.342. The summed E-state index contributed by atoms with van der Waals surface area (Å²) in [5.74, 6) is 1.54. The molecule has 0 bridgehead atoms. The zero-order valence-electron chi connectivity index (χ0n) is 15.1. The third-order valence-electron chi connectivity index (χ3n) is 5.32. The molecule has 29 heavy (non-hydrogen) atoms. The van der Waals surface area contributed by atoms with Gasteiger partial charge in [0, 0.05) is 26.6 Å². The molecule has 2 aromatic heterocycles. The number of benzene rings is 2. The van der Waals surface area contributed by atoms with Crippen molar-refractivity contribution in [3.05, 3.63) is 99.0 Å². The van der Waals surface area contributed by atoms with Gasteiger partial charge in [0.1, 0.15) is 18.1 Å². The highest BCUT2D eigenvalue weighted by molar-refractivity contribution is 7.10. The van der Waals surface area contributed by atoms with Gasteiger partial charge in [-0.25, -0.2) is 4.68 Å². The Bertz CT molecular complexity index is 1250. The van der Waals surface area contributed by atoms with Crippen molar-refractivity contribution in [1.82, 2.24) is 14.8 Å². The molecule has 0 saturated heterocycles. The number of fused-ring (bicyclic) bond motifs is 3. The minimum Gasteiger partial charge on any atom is -0.480 e. The maximum Gasteiger partial charge on any atom is 0.226 e. The van der Waals surface area contributed by atoms with Crippen LogP contribution in [0, 0.1) is 0 Å². The van der Waals surface area contributed by atoms with Gasteiger partial charge in [-0.05, 0) is 29.6 Å². The summed E-state index contributed by atoms with van der Waals surface area (Å²) in [7, 11) is 0. The van der Waals surface area contributed by atoms with E-state index < -0.39 is 0 Å². The van der Waals surface area contributed by atoms with E-state index in [9.17, 15) is 0 Å². The topological polar surface area (TPSA) is 52.0 Å². The molecule has 0 aliphatic carbocycles. The summed E-state index contributed by atoms with van der Waals surface area (Å²) >= 11 is 8.31. The van der Waals surface area contributed by atoms with E-state index in [-0.39, 0.29) is 12.1 Å². The number of ether oxygens (including phenoxy) is 1. The summed E-state index contributed by atoms with van der Waals surface area (Å²) in [5.41, 5.74) is 4.04. The summed E-state index contributed by atoms with van der Waals surface area (Å²) < 4.78 is 8.47. The normalized spacial score (nSPS) is 19.6. The summed E-state index contributed by atoms with van der Waals surface area (Å²) in [6.45, 7) is 0. The first kappa shape index (κ1) is 16.8. The van der Waals surface area contributed by atoms with Gasteiger partial charge < -0.3 is 10.1 Å². The van der Waals surface area contributed by atoms with E-state index >= 15 is 0 Å². The fourth-order valence-corrected chi connectivity index (χ4v) is 5.15. The maximum atomic E-state index is 6.61. The molecule has 2 aromatic carbocycles. The number of anilines is 1. The molecule has 0 spiro atoms. The van der Waals surface area contributed by atoms with Gasteiger partial charge >= 0.3 is 0 Å². The van der Waals surface area contributed by atoms with Crippen LogP contribution in [0.1, 0.15) is 28.1 Å². The fraction of sp³-hybridized carbons (Fsp3) is 0.0909. The third kappa shape index (κ3) is 2.53. The van der Waals surface area contributed by atoms with Gasteiger partial charge in [-0.2, -0.15) is 10.1 Å². The van der Waals surface area contributed by atoms with Crippen LogP contribution in [0.5, 0.6) is 5.75 Å². The SMILES string of the molecule is Clc1ccccc1C1Oc2ccccc2C2=C1C(c1cccs1)n1ncnc1N2. The van der Waals surface area contributed by atoms with Gasteiger partial charge in [-0.1, -0.05) is 48.0 Å². The number of aromatic nitrogens is 3. The molecule has 2 aliphatic heterocycles. The van der Waals surface area contributed by atoms with Crippen LogP contribution in [0.15, 0.2) is 77.9 Å². The van der Waals surface area contributed by atoms with Crippen molar-refractivity contribution in [3.63, 3.8) is 0 Å². The molecule has 2 atom stereocenters. The Balaban J connectivity index is 1.66. The number of hydrogen-bond donors (Lipinski definition) is 1. The smallest absolute Gasteiger partial charge is 0.226 e. The molecule has 6 rings (SSSR count). The van der Waals surface area contributed by atoms with E-state index in [2.05, 4.69) is 39.0 Å².